The van der Waals surface area contributed by atoms with Crippen LogP contribution in [0.2, 0.25) is 5.02 Å². The highest BCUT2D eigenvalue weighted by atomic mass is 79.9. The summed E-state index contributed by atoms with van der Waals surface area (Å²) in [5.41, 5.74) is 6.93. The van der Waals surface area contributed by atoms with E-state index in [0.717, 1.165) is 22.9 Å². The van der Waals surface area contributed by atoms with Gasteiger partial charge in [-0.2, -0.15) is 0 Å². The van der Waals surface area contributed by atoms with E-state index in [0.29, 0.717) is 17.6 Å². The summed E-state index contributed by atoms with van der Waals surface area (Å²) in [6.45, 7) is 2.85. The van der Waals surface area contributed by atoms with Gasteiger partial charge in [-0.05, 0) is 53.4 Å². The van der Waals surface area contributed by atoms with Crippen LogP contribution in [-0.4, -0.2) is 24.3 Å². The quantitative estimate of drug-likeness (QED) is 0.718. The molecular formula is C13H20BrClN2O. The van der Waals surface area contributed by atoms with E-state index in [1.807, 2.05) is 18.2 Å². The summed E-state index contributed by atoms with van der Waals surface area (Å²) in [7, 11) is 0. The standard InChI is InChI=1S/C13H20BrClN2O/c1-9(3-2-6-18)17-13(8-16)10-4-5-12(15)11(14)7-10/h4-5,7,9,13,17-18H,2-3,6,8,16H2,1H3. The molecule has 0 heterocycles. The molecule has 0 bridgehead atoms. The molecule has 5 heteroatoms. The maximum Gasteiger partial charge on any atom is 0.0548 e. The molecule has 1 aromatic carbocycles. The molecule has 1 aromatic rings. The van der Waals surface area contributed by atoms with Crippen molar-refractivity contribution in [3.05, 3.63) is 33.3 Å². The van der Waals surface area contributed by atoms with E-state index in [-0.39, 0.29) is 12.6 Å². The normalized spacial score (nSPS) is 14.5. The Morgan fingerprint density at radius 1 is 1.50 bits per heavy atom. The monoisotopic (exact) mass is 334 g/mol. The molecule has 0 aromatic heterocycles. The van der Waals surface area contributed by atoms with Gasteiger partial charge in [-0.25, -0.2) is 0 Å². The van der Waals surface area contributed by atoms with Gasteiger partial charge in [-0.1, -0.05) is 17.7 Å². The van der Waals surface area contributed by atoms with Crippen molar-refractivity contribution in [2.75, 3.05) is 13.2 Å². The van der Waals surface area contributed by atoms with Crippen LogP contribution >= 0.6 is 27.5 Å². The Morgan fingerprint density at radius 2 is 2.22 bits per heavy atom. The van der Waals surface area contributed by atoms with E-state index >= 15 is 0 Å². The topological polar surface area (TPSA) is 58.3 Å². The predicted molar refractivity (Wildman–Crippen MR) is 79.9 cm³/mol. The van der Waals surface area contributed by atoms with Crippen LogP contribution in [0.1, 0.15) is 31.4 Å². The zero-order valence-electron chi connectivity index (χ0n) is 10.5. The van der Waals surface area contributed by atoms with Crippen LogP contribution in [0, 0.1) is 0 Å². The number of aliphatic hydroxyl groups excluding tert-OH is 1. The lowest BCUT2D eigenvalue weighted by atomic mass is 10.0. The third-order valence-electron chi connectivity index (χ3n) is 2.86. The van der Waals surface area contributed by atoms with Gasteiger partial charge in [0.25, 0.3) is 0 Å². The molecule has 102 valence electrons. The van der Waals surface area contributed by atoms with E-state index in [1.165, 1.54) is 0 Å². The highest BCUT2D eigenvalue weighted by molar-refractivity contribution is 9.10. The van der Waals surface area contributed by atoms with E-state index in [2.05, 4.69) is 28.2 Å². The van der Waals surface area contributed by atoms with Crippen molar-refractivity contribution in [1.82, 2.24) is 5.32 Å². The van der Waals surface area contributed by atoms with Crippen LogP contribution in [0.5, 0.6) is 0 Å². The van der Waals surface area contributed by atoms with Crippen LogP contribution < -0.4 is 11.1 Å². The summed E-state index contributed by atoms with van der Waals surface area (Å²) >= 11 is 9.39. The van der Waals surface area contributed by atoms with Gasteiger partial charge in [0, 0.05) is 29.7 Å². The number of benzene rings is 1. The zero-order chi connectivity index (χ0) is 13.5. The van der Waals surface area contributed by atoms with Gasteiger partial charge in [0.2, 0.25) is 0 Å². The molecule has 1 rings (SSSR count). The average Bonchev–Trinajstić information content (AvgIpc) is 2.37. The zero-order valence-corrected chi connectivity index (χ0v) is 12.8. The SMILES string of the molecule is CC(CCCO)NC(CN)c1ccc(Cl)c(Br)c1. The fraction of sp³-hybridized carbons (Fsp3) is 0.538. The maximum absolute atomic E-state index is 8.82. The maximum atomic E-state index is 8.82. The summed E-state index contributed by atoms with van der Waals surface area (Å²) in [5.74, 6) is 0. The molecule has 0 saturated carbocycles. The first-order chi connectivity index (χ1) is 8.58. The highest BCUT2D eigenvalue weighted by Crippen LogP contribution is 2.26. The molecule has 0 saturated heterocycles. The summed E-state index contributed by atoms with van der Waals surface area (Å²) in [5, 5.41) is 13.0. The molecule has 0 radical (unpaired) electrons. The van der Waals surface area contributed by atoms with Crippen molar-refractivity contribution in [1.29, 1.82) is 0 Å². The van der Waals surface area contributed by atoms with Gasteiger partial charge in [0.1, 0.15) is 0 Å². The van der Waals surface area contributed by atoms with E-state index in [9.17, 15) is 0 Å². The van der Waals surface area contributed by atoms with Crippen molar-refractivity contribution in [3.8, 4) is 0 Å². The molecule has 0 spiro atoms. The summed E-state index contributed by atoms with van der Waals surface area (Å²) in [6, 6.07) is 6.26. The van der Waals surface area contributed by atoms with Gasteiger partial charge in [-0.15, -0.1) is 0 Å². The molecule has 2 unspecified atom stereocenters. The Hall–Kier alpha value is -0.130. The molecule has 0 aliphatic rings. The third kappa shape index (κ3) is 4.86. The molecule has 0 fully saturated rings. The van der Waals surface area contributed by atoms with Gasteiger partial charge in [-0.3, -0.25) is 0 Å². The lowest BCUT2D eigenvalue weighted by Gasteiger charge is -2.22. The lowest BCUT2D eigenvalue weighted by molar-refractivity contribution is 0.274. The number of hydrogen-bond acceptors (Lipinski definition) is 3. The highest BCUT2D eigenvalue weighted by Gasteiger charge is 2.13. The number of halogens is 2. The average molecular weight is 336 g/mol. The Bertz CT molecular complexity index is 376. The van der Waals surface area contributed by atoms with E-state index in [1.54, 1.807) is 0 Å². The number of nitrogens with one attached hydrogen (secondary N) is 1. The first kappa shape index (κ1) is 15.9. The molecule has 0 amide bonds. The van der Waals surface area contributed by atoms with E-state index in [4.69, 9.17) is 22.4 Å². The van der Waals surface area contributed by atoms with Crippen molar-refractivity contribution < 1.29 is 5.11 Å². The number of nitrogens with two attached hydrogens (primary N) is 1. The van der Waals surface area contributed by atoms with Gasteiger partial charge < -0.3 is 16.2 Å². The lowest BCUT2D eigenvalue weighted by Crippen LogP contribution is -2.35. The second-order valence-corrected chi connectivity index (χ2v) is 5.66. The molecule has 0 aliphatic carbocycles. The number of hydrogen-bond donors (Lipinski definition) is 3. The van der Waals surface area contributed by atoms with Crippen molar-refractivity contribution in [3.63, 3.8) is 0 Å². The summed E-state index contributed by atoms with van der Waals surface area (Å²) in [4.78, 5) is 0. The van der Waals surface area contributed by atoms with Crippen molar-refractivity contribution >= 4 is 27.5 Å². The summed E-state index contributed by atoms with van der Waals surface area (Å²) in [6.07, 6.45) is 1.73. The Morgan fingerprint density at radius 3 is 2.78 bits per heavy atom. The van der Waals surface area contributed by atoms with Crippen LogP contribution in [0.3, 0.4) is 0 Å². The minimum absolute atomic E-state index is 0.104. The largest absolute Gasteiger partial charge is 0.396 e. The predicted octanol–water partition coefficient (Wildman–Crippen LogP) is 2.85. The van der Waals surface area contributed by atoms with Crippen LogP contribution in [-0.2, 0) is 0 Å². The first-order valence-electron chi connectivity index (χ1n) is 6.10. The smallest absolute Gasteiger partial charge is 0.0548 e. The molecule has 18 heavy (non-hydrogen) atoms. The minimum atomic E-state index is 0.104. The first-order valence-corrected chi connectivity index (χ1v) is 7.27. The van der Waals surface area contributed by atoms with Gasteiger partial charge in [0.15, 0.2) is 0 Å². The molecule has 2 atom stereocenters. The van der Waals surface area contributed by atoms with Crippen LogP contribution in [0.25, 0.3) is 0 Å². The Balaban J connectivity index is 2.67. The number of aliphatic hydroxyl groups is 1. The van der Waals surface area contributed by atoms with Crippen LogP contribution in [0.15, 0.2) is 22.7 Å². The molecule has 0 aliphatic heterocycles. The molecular weight excluding hydrogens is 316 g/mol. The second kappa shape index (κ2) is 8.12. The van der Waals surface area contributed by atoms with Crippen LogP contribution in [0.4, 0.5) is 0 Å². The van der Waals surface area contributed by atoms with Crippen molar-refractivity contribution in [2.45, 2.75) is 31.8 Å². The molecule has 3 nitrogen and oxygen atoms in total. The van der Waals surface area contributed by atoms with E-state index < -0.39 is 0 Å². The third-order valence-corrected chi connectivity index (χ3v) is 4.08. The van der Waals surface area contributed by atoms with Gasteiger partial charge >= 0.3 is 0 Å². The second-order valence-electron chi connectivity index (χ2n) is 4.40. The fourth-order valence-electron chi connectivity index (χ4n) is 1.85. The van der Waals surface area contributed by atoms with Gasteiger partial charge in [0.05, 0.1) is 5.02 Å². The molecule has 4 N–H and O–H groups in total. The number of rotatable bonds is 7. The fourth-order valence-corrected chi connectivity index (χ4v) is 2.37. The summed E-state index contributed by atoms with van der Waals surface area (Å²) < 4.78 is 0.880. The Kier molecular flexibility index (Phi) is 7.19. The minimum Gasteiger partial charge on any atom is -0.396 e. The van der Waals surface area contributed by atoms with Crippen molar-refractivity contribution in [2.24, 2.45) is 5.73 Å². The Labute approximate surface area is 122 Å².